The van der Waals surface area contributed by atoms with Gasteiger partial charge in [-0.1, -0.05) is 12.1 Å². The smallest absolute Gasteiger partial charge is 0.263 e. The molecule has 0 aromatic heterocycles. The molecule has 0 saturated carbocycles. The van der Waals surface area contributed by atoms with Crippen molar-refractivity contribution in [3.05, 3.63) is 53.0 Å². The molecule has 0 aliphatic heterocycles. The van der Waals surface area contributed by atoms with Gasteiger partial charge in [0, 0.05) is 22.8 Å². The Bertz CT molecular complexity index is 758. The summed E-state index contributed by atoms with van der Waals surface area (Å²) in [6, 6.07) is 13.0. The normalized spacial score (nSPS) is 11.0. The summed E-state index contributed by atoms with van der Waals surface area (Å²) in [5.41, 5.74) is 1.02. The first-order chi connectivity index (χ1) is 9.88. The average molecular weight is 369 g/mol. The molecule has 2 aromatic carbocycles. The number of amides is 1. The lowest BCUT2D eigenvalue weighted by Crippen LogP contribution is -2.13. The third kappa shape index (κ3) is 4.05. The second-order valence-electron chi connectivity index (χ2n) is 4.29. The molecular weight excluding hydrogens is 356 g/mol. The predicted octanol–water partition coefficient (Wildman–Crippen LogP) is 3.21. The first-order valence-corrected chi connectivity index (χ1v) is 8.31. The molecule has 21 heavy (non-hydrogen) atoms. The highest BCUT2D eigenvalue weighted by Crippen LogP contribution is 2.24. The third-order valence-electron chi connectivity index (χ3n) is 2.58. The molecule has 110 valence electrons. The Hall–Kier alpha value is -1.86. The number of sulfonamides is 1. The number of benzene rings is 2. The lowest BCUT2D eigenvalue weighted by Gasteiger charge is -2.10. The molecule has 0 bridgehead atoms. The molecule has 7 heteroatoms. The van der Waals surface area contributed by atoms with Crippen molar-refractivity contribution in [2.45, 2.75) is 11.8 Å². The fourth-order valence-electron chi connectivity index (χ4n) is 1.70. The maximum absolute atomic E-state index is 12.3. The highest BCUT2D eigenvalue weighted by atomic mass is 79.9. The van der Waals surface area contributed by atoms with Gasteiger partial charge in [0.2, 0.25) is 5.91 Å². The fourth-order valence-corrected chi connectivity index (χ4v) is 3.76. The highest BCUT2D eigenvalue weighted by molar-refractivity contribution is 9.10. The summed E-state index contributed by atoms with van der Waals surface area (Å²) in [4.78, 5) is 11.1. The van der Waals surface area contributed by atoms with Crippen molar-refractivity contribution >= 4 is 43.2 Å². The molecule has 0 radical (unpaired) electrons. The van der Waals surface area contributed by atoms with Crippen molar-refractivity contribution in [2.24, 2.45) is 0 Å². The third-order valence-corrected chi connectivity index (χ3v) is 4.98. The predicted molar refractivity (Wildman–Crippen MR) is 85.7 cm³/mol. The van der Waals surface area contributed by atoms with E-state index in [1.54, 1.807) is 42.5 Å². The number of hydrogen-bond donors (Lipinski definition) is 2. The molecule has 5 nitrogen and oxygen atoms in total. The SMILES string of the molecule is CC(=O)Nc1ccc(NS(=O)(=O)c2ccccc2Br)cc1. The van der Waals surface area contributed by atoms with E-state index in [1.807, 2.05) is 0 Å². The molecule has 2 rings (SSSR count). The summed E-state index contributed by atoms with van der Waals surface area (Å²) in [6.07, 6.45) is 0. The highest BCUT2D eigenvalue weighted by Gasteiger charge is 2.16. The van der Waals surface area contributed by atoms with Gasteiger partial charge in [-0.15, -0.1) is 0 Å². The number of anilines is 2. The molecule has 2 aromatic rings. The fraction of sp³-hybridized carbons (Fsp3) is 0.0714. The summed E-state index contributed by atoms with van der Waals surface area (Å²) in [5, 5.41) is 2.61. The van der Waals surface area contributed by atoms with Crippen molar-refractivity contribution in [2.75, 3.05) is 10.0 Å². The lowest BCUT2D eigenvalue weighted by atomic mass is 10.3. The van der Waals surface area contributed by atoms with E-state index in [2.05, 4.69) is 26.0 Å². The van der Waals surface area contributed by atoms with Gasteiger partial charge < -0.3 is 5.32 Å². The van der Waals surface area contributed by atoms with Crippen LogP contribution in [0.5, 0.6) is 0 Å². The minimum Gasteiger partial charge on any atom is -0.326 e. The molecule has 0 atom stereocenters. The van der Waals surface area contributed by atoms with Gasteiger partial charge in [0.25, 0.3) is 10.0 Å². The number of nitrogens with one attached hydrogen (secondary N) is 2. The zero-order chi connectivity index (χ0) is 15.5. The summed E-state index contributed by atoms with van der Waals surface area (Å²) in [6.45, 7) is 1.41. The topological polar surface area (TPSA) is 75.3 Å². The van der Waals surface area contributed by atoms with E-state index < -0.39 is 10.0 Å². The second kappa shape index (κ2) is 6.28. The van der Waals surface area contributed by atoms with Crippen LogP contribution < -0.4 is 10.0 Å². The average Bonchev–Trinajstić information content (AvgIpc) is 2.40. The number of rotatable bonds is 4. The standard InChI is InChI=1S/C14H13BrN2O3S/c1-10(18)16-11-6-8-12(9-7-11)17-21(19,20)14-5-3-2-4-13(14)15/h2-9,17H,1H3,(H,16,18). The molecule has 0 heterocycles. The van der Waals surface area contributed by atoms with E-state index in [1.165, 1.54) is 13.0 Å². The molecule has 0 aliphatic rings. The van der Waals surface area contributed by atoms with E-state index in [-0.39, 0.29) is 10.8 Å². The van der Waals surface area contributed by atoms with Gasteiger partial charge in [-0.2, -0.15) is 0 Å². The quantitative estimate of drug-likeness (QED) is 0.869. The van der Waals surface area contributed by atoms with E-state index in [4.69, 9.17) is 0 Å². The Morgan fingerprint density at radius 3 is 2.14 bits per heavy atom. The van der Waals surface area contributed by atoms with E-state index in [9.17, 15) is 13.2 Å². The lowest BCUT2D eigenvalue weighted by molar-refractivity contribution is -0.114. The summed E-state index contributed by atoms with van der Waals surface area (Å²) >= 11 is 3.22. The van der Waals surface area contributed by atoms with E-state index >= 15 is 0 Å². The van der Waals surface area contributed by atoms with Crippen LogP contribution in [0, 0.1) is 0 Å². The molecule has 0 fully saturated rings. The van der Waals surface area contributed by atoms with Gasteiger partial charge in [0.15, 0.2) is 0 Å². The Labute approximate surface area is 131 Å². The molecule has 0 aliphatic carbocycles. The van der Waals surface area contributed by atoms with E-state index in [0.717, 1.165) is 0 Å². The van der Waals surface area contributed by atoms with Crippen molar-refractivity contribution in [3.63, 3.8) is 0 Å². The molecule has 0 unspecified atom stereocenters. The Morgan fingerprint density at radius 2 is 1.57 bits per heavy atom. The van der Waals surface area contributed by atoms with Crippen LogP contribution in [0.3, 0.4) is 0 Å². The molecule has 0 saturated heterocycles. The van der Waals surface area contributed by atoms with Crippen LogP contribution in [-0.4, -0.2) is 14.3 Å². The van der Waals surface area contributed by atoms with Crippen LogP contribution in [0.4, 0.5) is 11.4 Å². The molecule has 0 spiro atoms. The van der Waals surface area contributed by atoms with Crippen LogP contribution in [0.2, 0.25) is 0 Å². The van der Waals surface area contributed by atoms with Crippen LogP contribution in [0.25, 0.3) is 0 Å². The van der Waals surface area contributed by atoms with E-state index in [0.29, 0.717) is 15.8 Å². The zero-order valence-corrected chi connectivity index (χ0v) is 13.5. The van der Waals surface area contributed by atoms with Gasteiger partial charge in [-0.25, -0.2) is 8.42 Å². The van der Waals surface area contributed by atoms with Crippen LogP contribution in [-0.2, 0) is 14.8 Å². The van der Waals surface area contributed by atoms with Crippen molar-refractivity contribution in [1.82, 2.24) is 0 Å². The Kier molecular flexibility index (Phi) is 4.64. The summed E-state index contributed by atoms with van der Waals surface area (Å²) in [7, 11) is -3.66. The van der Waals surface area contributed by atoms with Crippen molar-refractivity contribution in [1.29, 1.82) is 0 Å². The van der Waals surface area contributed by atoms with Gasteiger partial charge in [0.05, 0.1) is 0 Å². The number of carbonyl (C=O) groups is 1. The minimum atomic E-state index is -3.66. The second-order valence-corrected chi connectivity index (χ2v) is 6.80. The van der Waals surface area contributed by atoms with Crippen molar-refractivity contribution in [3.8, 4) is 0 Å². The van der Waals surface area contributed by atoms with Gasteiger partial charge in [0.1, 0.15) is 4.90 Å². The van der Waals surface area contributed by atoms with Gasteiger partial charge in [-0.05, 0) is 52.3 Å². The van der Waals surface area contributed by atoms with Gasteiger partial charge in [-0.3, -0.25) is 9.52 Å². The van der Waals surface area contributed by atoms with Crippen molar-refractivity contribution < 1.29 is 13.2 Å². The number of carbonyl (C=O) groups excluding carboxylic acids is 1. The number of halogens is 1. The molecular formula is C14H13BrN2O3S. The van der Waals surface area contributed by atoms with Crippen LogP contribution >= 0.6 is 15.9 Å². The van der Waals surface area contributed by atoms with Crippen LogP contribution in [0.1, 0.15) is 6.92 Å². The molecule has 2 N–H and O–H groups in total. The zero-order valence-electron chi connectivity index (χ0n) is 11.1. The number of hydrogen-bond acceptors (Lipinski definition) is 3. The minimum absolute atomic E-state index is 0.163. The largest absolute Gasteiger partial charge is 0.326 e. The Balaban J connectivity index is 2.21. The maximum atomic E-state index is 12.3. The summed E-state index contributed by atoms with van der Waals surface area (Å²) in [5.74, 6) is -0.184. The monoisotopic (exact) mass is 368 g/mol. The maximum Gasteiger partial charge on any atom is 0.263 e. The summed E-state index contributed by atoms with van der Waals surface area (Å²) < 4.78 is 27.5. The Morgan fingerprint density at radius 1 is 1.00 bits per heavy atom. The first-order valence-electron chi connectivity index (χ1n) is 6.03. The first kappa shape index (κ1) is 15.5. The van der Waals surface area contributed by atoms with Crippen LogP contribution in [0.15, 0.2) is 57.9 Å². The molecule has 1 amide bonds. The van der Waals surface area contributed by atoms with Gasteiger partial charge >= 0.3 is 0 Å².